The van der Waals surface area contributed by atoms with E-state index in [1.54, 1.807) is 18.3 Å². The first-order valence-corrected chi connectivity index (χ1v) is 11.1. The van der Waals surface area contributed by atoms with E-state index in [1.807, 2.05) is 26.2 Å². The van der Waals surface area contributed by atoms with Crippen LogP contribution >= 0.6 is 11.3 Å². The fraction of sp³-hybridized carbons (Fsp3) is 0.375. The first-order valence-electron chi connectivity index (χ1n) is 10.3. The molecule has 1 aliphatic rings. The molecule has 30 heavy (non-hydrogen) atoms. The molecule has 3 aromatic rings. The minimum Gasteiger partial charge on any atom is -0.488 e. The summed E-state index contributed by atoms with van der Waals surface area (Å²) in [6.45, 7) is 4.55. The molecule has 2 heterocycles. The average molecular weight is 425 g/mol. The number of Topliss-reactive ketones (excluding diaryl/α,β-unsaturated/α-hetero) is 1. The van der Waals surface area contributed by atoms with Crippen LogP contribution in [0.2, 0.25) is 0 Å². The highest BCUT2D eigenvalue weighted by Gasteiger charge is 2.24. The maximum absolute atomic E-state index is 11.6. The van der Waals surface area contributed by atoms with Gasteiger partial charge in [0.05, 0.1) is 18.2 Å². The standard InChI is InChI=1S/C24H28N2O3S/c1-16(27)23-8-9-24(30-23)18-4-6-20-17(12-18)5-7-22-21(20)13-19(29-22)14-25-15-28-11-10-26(2)3/h4-9,12,19,25H,10-11,13-15H2,1-3H3. The molecule has 0 aliphatic carbocycles. The largest absolute Gasteiger partial charge is 0.488 e. The van der Waals surface area contributed by atoms with Crippen LogP contribution in [0, 0.1) is 0 Å². The van der Waals surface area contributed by atoms with Crippen molar-refractivity contribution in [2.75, 3.05) is 40.5 Å². The lowest BCUT2D eigenvalue weighted by atomic mass is 9.99. The summed E-state index contributed by atoms with van der Waals surface area (Å²) in [6.07, 6.45) is 1.02. The van der Waals surface area contributed by atoms with Crippen LogP contribution in [0.3, 0.4) is 0 Å². The topological polar surface area (TPSA) is 50.8 Å². The van der Waals surface area contributed by atoms with E-state index in [0.717, 1.165) is 47.2 Å². The van der Waals surface area contributed by atoms with Gasteiger partial charge in [-0.05, 0) is 61.6 Å². The van der Waals surface area contributed by atoms with Crippen LogP contribution in [0.5, 0.6) is 5.75 Å². The molecule has 0 bridgehead atoms. The lowest BCUT2D eigenvalue weighted by Gasteiger charge is -2.13. The second kappa shape index (κ2) is 9.27. The number of hydrogen-bond acceptors (Lipinski definition) is 6. The molecule has 1 unspecified atom stereocenters. The minimum absolute atomic E-state index is 0.116. The summed E-state index contributed by atoms with van der Waals surface area (Å²) < 4.78 is 11.7. The molecule has 6 heteroatoms. The number of nitrogens with zero attached hydrogens (tertiary/aromatic N) is 1. The Morgan fingerprint density at radius 3 is 2.87 bits per heavy atom. The fourth-order valence-corrected chi connectivity index (χ4v) is 4.60. The monoisotopic (exact) mass is 424 g/mol. The van der Waals surface area contributed by atoms with Crippen molar-refractivity contribution >= 4 is 27.9 Å². The van der Waals surface area contributed by atoms with Crippen LogP contribution < -0.4 is 10.1 Å². The number of nitrogens with one attached hydrogen (secondary N) is 1. The van der Waals surface area contributed by atoms with Crippen molar-refractivity contribution in [2.45, 2.75) is 19.4 Å². The number of likely N-dealkylation sites (N-methyl/N-ethyl adjacent to an activating group) is 1. The lowest BCUT2D eigenvalue weighted by molar-refractivity contribution is 0.0938. The van der Waals surface area contributed by atoms with Crippen molar-refractivity contribution in [3.8, 4) is 16.2 Å². The van der Waals surface area contributed by atoms with Crippen LogP contribution in [0.25, 0.3) is 21.2 Å². The predicted octanol–water partition coefficient (Wildman–Crippen LogP) is 4.20. The van der Waals surface area contributed by atoms with E-state index in [1.165, 1.54) is 16.3 Å². The van der Waals surface area contributed by atoms with Gasteiger partial charge in [-0.2, -0.15) is 0 Å². The maximum Gasteiger partial charge on any atom is 0.169 e. The molecule has 0 fully saturated rings. The number of hydrogen-bond donors (Lipinski definition) is 1. The quantitative estimate of drug-likeness (QED) is 0.317. The lowest BCUT2D eigenvalue weighted by Crippen LogP contribution is -2.32. The third-order valence-corrected chi connectivity index (χ3v) is 6.55. The summed E-state index contributed by atoms with van der Waals surface area (Å²) in [5, 5.41) is 5.78. The van der Waals surface area contributed by atoms with E-state index in [4.69, 9.17) is 9.47 Å². The number of benzene rings is 2. The zero-order valence-corrected chi connectivity index (χ0v) is 18.6. The van der Waals surface area contributed by atoms with Gasteiger partial charge in [0.1, 0.15) is 11.9 Å². The van der Waals surface area contributed by atoms with Gasteiger partial charge >= 0.3 is 0 Å². The first-order chi connectivity index (χ1) is 14.5. The highest BCUT2D eigenvalue weighted by Crippen LogP contribution is 2.37. The summed E-state index contributed by atoms with van der Waals surface area (Å²) in [4.78, 5) is 15.6. The molecule has 0 spiro atoms. The van der Waals surface area contributed by atoms with E-state index in [9.17, 15) is 4.79 Å². The van der Waals surface area contributed by atoms with Crippen LogP contribution in [0.4, 0.5) is 0 Å². The molecular formula is C24H28N2O3S. The van der Waals surface area contributed by atoms with E-state index < -0.39 is 0 Å². The van der Waals surface area contributed by atoms with Crippen LogP contribution in [0.1, 0.15) is 22.2 Å². The number of carbonyl (C=O) groups excluding carboxylic acids is 1. The second-order valence-corrected chi connectivity index (χ2v) is 9.04. The molecule has 0 saturated heterocycles. The molecule has 2 aromatic carbocycles. The molecule has 4 rings (SSSR count). The van der Waals surface area contributed by atoms with E-state index in [0.29, 0.717) is 6.73 Å². The Morgan fingerprint density at radius 1 is 1.23 bits per heavy atom. The first kappa shape index (κ1) is 21.0. The summed E-state index contributed by atoms with van der Waals surface area (Å²) in [6, 6.07) is 14.7. The Morgan fingerprint density at radius 2 is 2.10 bits per heavy atom. The summed E-state index contributed by atoms with van der Waals surface area (Å²) in [5.74, 6) is 1.09. The highest BCUT2D eigenvalue weighted by atomic mass is 32.1. The Bertz CT molecular complexity index is 1040. The van der Waals surface area contributed by atoms with E-state index in [2.05, 4.69) is 40.5 Å². The number of thiophene rings is 1. The van der Waals surface area contributed by atoms with Gasteiger partial charge in [0.15, 0.2) is 5.78 Å². The Labute approximate surface area is 181 Å². The summed E-state index contributed by atoms with van der Waals surface area (Å²) in [5.41, 5.74) is 2.42. The minimum atomic E-state index is 0.116. The molecule has 1 aromatic heterocycles. The van der Waals surface area contributed by atoms with E-state index >= 15 is 0 Å². The van der Waals surface area contributed by atoms with Crippen molar-refractivity contribution in [2.24, 2.45) is 0 Å². The molecule has 0 saturated carbocycles. The maximum atomic E-state index is 11.6. The van der Waals surface area contributed by atoms with Crippen molar-refractivity contribution < 1.29 is 14.3 Å². The van der Waals surface area contributed by atoms with Crippen molar-refractivity contribution in [1.29, 1.82) is 0 Å². The van der Waals surface area contributed by atoms with Gasteiger partial charge in [0.2, 0.25) is 0 Å². The van der Waals surface area contributed by atoms with Gasteiger partial charge in [0.25, 0.3) is 0 Å². The number of carbonyl (C=O) groups is 1. The third kappa shape index (κ3) is 4.73. The van der Waals surface area contributed by atoms with Crippen molar-refractivity contribution in [3.05, 3.63) is 52.9 Å². The normalized spacial score (nSPS) is 15.5. The molecule has 158 valence electrons. The predicted molar refractivity (Wildman–Crippen MR) is 123 cm³/mol. The summed E-state index contributed by atoms with van der Waals surface area (Å²) in [7, 11) is 4.08. The SMILES string of the molecule is CC(=O)c1ccc(-c2ccc3c4c(ccc3c2)OC(CNCOCCN(C)C)C4)s1. The smallest absolute Gasteiger partial charge is 0.169 e. The van der Waals surface area contributed by atoms with Gasteiger partial charge < -0.3 is 14.4 Å². The van der Waals surface area contributed by atoms with Gasteiger partial charge in [-0.3, -0.25) is 10.1 Å². The van der Waals surface area contributed by atoms with Crippen molar-refractivity contribution in [3.63, 3.8) is 0 Å². The third-order valence-electron chi connectivity index (χ3n) is 5.31. The zero-order chi connectivity index (χ0) is 21.1. The van der Waals surface area contributed by atoms with Gasteiger partial charge in [-0.25, -0.2) is 0 Å². The highest BCUT2D eigenvalue weighted by molar-refractivity contribution is 7.17. The average Bonchev–Trinajstić information content (AvgIpc) is 3.37. The Kier molecular flexibility index (Phi) is 6.49. The molecule has 1 N–H and O–H groups in total. The molecule has 5 nitrogen and oxygen atoms in total. The Hall–Kier alpha value is -2.25. The van der Waals surface area contributed by atoms with Gasteiger partial charge in [-0.15, -0.1) is 11.3 Å². The Balaban J connectivity index is 1.41. The zero-order valence-electron chi connectivity index (χ0n) is 17.7. The second-order valence-electron chi connectivity index (χ2n) is 7.95. The van der Waals surface area contributed by atoms with Crippen molar-refractivity contribution in [1.82, 2.24) is 10.2 Å². The number of fused-ring (bicyclic) bond motifs is 3. The molecule has 0 amide bonds. The van der Waals surface area contributed by atoms with E-state index in [-0.39, 0.29) is 11.9 Å². The number of rotatable bonds is 9. The van der Waals surface area contributed by atoms with Crippen LogP contribution in [0.15, 0.2) is 42.5 Å². The molecule has 1 aliphatic heterocycles. The molecule has 1 atom stereocenters. The fourth-order valence-electron chi connectivity index (χ4n) is 3.70. The number of ether oxygens (including phenoxy) is 2. The molecular weight excluding hydrogens is 396 g/mol. The van der Waals surface area contributed by atoms with Gasteiger partial charge in [-0.1, -0.05) is 18.2 Å². The number of ketones is 1. The van der Waals surface area contributed by atoms with Gasteiger partial charge in [0, 0.05) is 30.0 Å². The van der Waals surface area contributed by atoms with Crippen LogP contribution in [-0.4, -0.2) is 57.3 Å². The van der Waals surface area contributed by atoms with Crippen LogP contribution in [-0.2, 0) is 11.2 Å². The summed E-state index contributed by atoms with van der Waals surface area (Å²) >= 11 is 1.55. The molecule has 0 radical (unpaired) electrons.